The largest absolute Gasteiger partial charge is 0.355 e. The van der Waals surface area contributed by atoms with E-state index in [1.807, 2.05) is 0 Å². The van der Waals surface area contributed by atoms with Crippen molar-refractivity contribution >= 4 is 5.91 Å². The molecule has 0 aliphatic carbocycles. The summed E-state index contributed by atoms with van der Waals surface area (Å²) in [6.07, 6.45) is 2.02. The Morgan fingerprint density at radius 1 is 1.21 bits per heavy atom. The molecule has 1 amide bonds. The van der Waals surface area contributed by atoms with Gasteiger partial charge in [0.15, 0.2) is 0 Å². The summed E-state index contributed by atoms with van der Waals surface area (Å²) in [6.45, 7) is 12.1. The van der Waals surface area contributed by atoms with E-state index in [1.54, 1.807) is 0 Å². The number of nitrogens with two attached hydrogens (primary N) is 1. The third-order valence-corrected chi connectivity index (χ3v) is 4.25. The molecular weight excluding hydrogens is 238 g/mol. The molecule has 0 radical (unpaired) electrons. The van der Waals surface area contributed by atoms with Crippen molar-refractivity contribution in [2.75, 3.05) is 26.2 Å². The lowest BCUT2D eigenvalue weighted by molar-refractivity contribution is -0.122. The van der Waals surface area contributed by atoms with Crippen LogP contribution in [0.1, 0.15) is 40.5 Å². The zero-order chi connectivity index (χ0) is 14.4. The highest BCUT2D eigenvalue weighted by molar-refractivity contribution is 5.78. The van der Waals surface area contributed by atoms with E-state index in [1.165, 1.54) is 0 Å². The van der Waals surface area contributed by atoms with Crippen molar-refractivity contribution in [2.24, 2.45) is 23.5 Å². The number of amides is 1. The van der Waals surface area contributed by atoms with Crippen LogP contribution in [0.3, 0.4) is 0 Å². The van der Waals surface area contributed by atoms with Crippen LogP contribution < -0.4 is 11.1 Å². The molecule has 0 aromatic rings. The van der Waals surface area contributed by atoms with Gasteiger partial charge in [0, 0.05) is 25.7 Å². The fourth-order valence-corrected chi connectivity index (χ4v) is 2.84. The molecule has 19 heavy (non-hydrogen) atoms. The van der Waals surface area contributed by atoms with Crippen LogP contribution in [0.2, 0.25) is 0 Å². The number of nitrogens with one attached hydrogen (secondary N) is 1. The molecule has 4 nitrogen and oxygen atoms in total. The molecule has 1 rings (SSSR count). The Morgan fingerprint density at radius 2 is 1.74 bits per heavy atom. The first-order chi connectivity index (χ1) is 8.90. The molecule has 0 aromatic carbocycles. The summed E-state index contributed by atoms with van der Waals surface area (Å²) >= 11 is 0. The molecule has 0 atom stereocenters. The first-order valence-corrected chi connectivity index (χ1v) is 7.64. The van der Waals surface area contributed by atoms with E-state index in [4.69, 9.17) is 5.73 Å². The van der Waals surface area contributed by atoms with Gasteiger partial charge in [-0.25, -0.2) is 0 Å². The van der Waals surface area contributed by atoms with Crippen LogP contribution in [0.15, 0.2) is 0 Å². The molecular formula is C15H31N3O. The monoisotopic (exact) mass is 269 g/mol. The average molecular weight is 269 g/mol. The van der Waals surface area contributed by atoms with Crippen LogP contribution >= 0.6 is 0 Å². The maximum Gasteiger partial charge on any atom is 0.234 e. The topological polar surface area (TPSA) is 58.4 Å². The van der Waals surface area contributed by atoms with Crippen LogP contribution in [-0.2, 0) is 4.79 Å². The number of nitrogens with zero attached hydrogens (tertiary/aromatic N) is 1. The van der Waals surface area contributed by atoms with E-state index in [-0.39, 0.29) is 5.91 Å². The Morgan fingerprint density at radius 3 is 2.21 bits per heavy atom. The Hall–Kier alpha value is -0.610. The summed E-state index contributed by atoms with van der Waals surface area (Å²) in [4.78, 5) is 14.2. The van der Waals surface area contributed by atoms with Gasteiger partial charge in [0.1, 0.15) is 0 Å². The first-order valence-electron chi connectivity index (χ1n) is 7.64. The maximum atomic E-state index is 12.0. The van der Waals surface area contributed by atoms with Crippen LogP contribution in [0.25, 0.3) is 0 Å². The lowest BCUT2D eigenvalue weighted by Crippen LogP contribution is -2.45. The Labute approximate surface area is 118 Å². The molecule has 4 heteroatoms. The van der Waals surface area contributed by atoms with Gasteiger partial charge in [-0.3, -0.25) is 9.69 Å². The SMILES string of the molecule is CC(C)C(CNC(=O)CN1CCC(N)CC1)C(C)C. The fourth-order valence-electron chi connectivity index (χ4n) is 2.84. The van der Waals surface area contributed by atoms with E-state index in [2.05, 4.69) is 37.9 Å². The van der Waals surface area contributed by atoms with E-state index >= 15 is 0 Å². The molecule has 112 valence electrons. The first kappa shape index (κ1) is 16.4. The van der Waals surface area contributed by atoms with Gasteiger partial charge in [-0.15, -0.1) is 0 Å². The third-order valence-electron chi connectivity index (χ3n) is 4.25. The van der Waals surface area contributed by atoms with Gasteiger partial charge >= 0.3 is 0 Å². The molecule has 0 unspecified atom stereocenters. The van der Waals surface area contributed by atoms with Crippen molar-refractivity contribution in [3.8, 4) is 0 Å². The van der Waals surface area contributed by atoms with Gasteiger partial charge in [0.2, 0.25) is 5.91 Å². The van der Waals surface area contributed by atoms with Crippen molar-refractivity contribution < 1.29 is 4.79 Å². The molecule has 0 aromatic heterocycles. The quantitative estimate of drug-likeness (QED) is 0.767. The predicted octanol–water partition coefficient (Wildman–Crippen LogP) is 1.45. The molecule has 1 fully saturated rings. The number of hydrogen-bond acceptors (Lipinski definition) is 3. The summed E-state index contributed by atoms with van der Waals surface area (Å²) < 4.78 is 0. The highest BCUT2D eigenvalue weighted by Crippen LogP contribution is 2.19. The minimum atomic E-state index is 0.154. The zero-order valence-electron chi connectivity index (χ0n) is 13.0. The van der Waals surface area contributed by atoms with Gasteiger partial charge in [0.05, 0.1) is 6.54 Å². The molecule has 0 bridgehead atoms. The van der Waals surface area contributed by atoms with Crippen LogP contribution in [-0.4, -0.2) is 43.0 Å². The minimum absolute atomic E-state index is 0.154. The lowest BCUT2D eigenvalue weighted by Gasteiger charge is -2.30. The van der Waals surface area contributed by atoms with E-state index in [0.29, 0.717) is 30.3 Å². The van der Waals surface area contributed by atoms with Crippen molar-refractivity contribution in [1.29, 1.82) is 0 Å². The second-order valence-electron chi connectivity index (χ2n) is 6.57. The molecule has 0 saturated carbocycles. The van der Waals surface area contributed by atoms with Gasteiger partial charge in [0.25, 0.3) is 0 Å². The molecule has 1 heterocycles. The Balaban J connectivity index is 2.27. The van der Waals surface area contributed by atoms with Crippen LogP contribution in [0, 0.1) is 17.8 Å². The number of rotatable bonds is 6. The maximum absolute atomic E-state index is 12.0. The van der Waals surface area contributed by atoms with E-state index in [0.717, 1.165) is 32.5 Å². The highest BCUT2D eigenvalue weighted by atomic mass is 16.2. The van der Waals surface area contributed by atoms with Crippen molar-refractivity contribution in [1.82, 2.24) is 10.2 Å². The third kappa shape index (κ3) is 5.91. The summed E-state index contributed by atoms with van der Waals surface area (Å²) in [5, 5.41) is 3.09. The van der Waals surface area contributed by atoms with Gasteiger partial charge in [-0.05, 0) is 30.6 Å². The Kier molecular flexibility index (Phi) is 6.80. The van der Waals surface area contributed by atoms with Gasteiger partial charge in [-0.2, -0.15) is 0 Å². The summed E-state index contributed by atoms with van der Waals surface area (Å²) in [5.74, 6) is 1.92. The van der Waals surface area contributed by atoms with E-state index < -0.39 is 0 Å². The fraction of sp³-hybridized carbons (Fsp3) is 0.933. The average Bonchev–Trinajstić information content (AvgIpc) is 2.31. The molecule has 1 aliphatic heterocycles. The standard InChI is InChI=1S/C15H31N3O/c1-11(2)14(12(3)4)9-17-15(19)10-18-7-5-13(16)6-8-18/h11-14H,5-10,16H2,1-4H3,(H,17,19). The smallest absolute Gasteiger partial charge is 0.234 e. The number of carbonyl (C=O) groups excluding carboxylic acids is 1. The number of likely N-dealkylation sites (tertiary alicyclic amines) is 1. The van der Waals surface area contributed by atoms with Crippen molar-refractivity contribution in [2.45, 2.75) is 46.6 Å². The number of hydrogen-bond donors (Lipinski definition) is 2. The highest BCUT2D eigenvalue weighted by Gasteiger charge is 2.20. The summed E-state index contributed by atoms with van der Waals surface area (Å²) in [6, 6.07) is 0.325. The Bertz CT molecular complexity index is 263. The van der Waals surface area contributed by atoms with Crippen molar-refractivity contribution in [3.05, 3.63) is 0 Å². The minimum Gasteiger partial charge on any atom is -0.355 e. The normalized spacial score (nSPS) is 18.5. The number of carbonyl (C=O) groups is 1. The number of piperidine rings is 1. The van der Waals surface area contributed by atoms with E-state index in [9.17, 15) is 4.79 Å². The zero-order valence-corrected chi connectivity index (χ0v) is 13.0. The molecule has 1 aliphatic rings. The molecule has 3 N–H and O–H groups in total. The van der Waals surface area contributed by atoms with Crippen LogP contribution in [0.5, 0.6) is 0 Å². The van der Waals surface area contributed by atoms with Crippen molar-refractivity contribution in [3.63, 3.8) is 0 Å². The van der Waals surface area contributed by atoms with Crippen LogP contribution in [0.4, 0.5) is 0 Å². The second kappa shape index (κ2) is 7.85. The lowest BCUT2D eigenvalue weighted by atomic mass is 9.85. The summed E-state index contributed by atoms with van der Waals surface area (Å²) in [7, 11) is 0. The molecule has 1 saturated heterocycles. The molecule has 0 spiro atoms. The second-order valence-corrected chi connectivity index (χ2v) is 6.57. The predicted molar refractivity (Wildman–Crippen MR) is 79.8 cm³/mol. The van der Waals surface area contributed by atoms with Gasteiger partial charge < -0.3 is 11.1 Å². The summed E-state index contributed by atoms with van der Waals surface area (Å²) in [5.41, 5.74) is 5.87. The van der Waals surface area contributed by atoms with Gasteiger partial charge in [-0.1, -0.05) is 27.7 Å².